The molecule has 0 N–H and O–H groups in total. The summed E-state index contributed by atoms with van der Waals surface area (Å²) in [5, 5.41) is 8.83. The zero-order valence-corrected chi connectivity index (χ0v) is 24.0. The van der Waals surface area contributed by atoms with Gasteiger partial charge in [0.1, 0.15) is 0 Å². The first-order valence-corrected chi connectivity index (χ1v) is 12.3. The van der Waals surface area contributed by atoms with Crippen molar-refractivity contribution in [3.63, 3.8) is 0 Å². The first-order valence-electron chi connectivity index (χ1n) is 12.3. The van der Waals surface area contributed by atoms with Gasteiger partial charge in [0.25, 0.3) is 0 Å². The molecule has 0 amide bonds. The topological polar surface area (TPSA) is 40.6 Å². The van der Waals surface area contributed by atoms with Crippen LogP contribution in [0.5, 0.6) is 0 Å². The predicted molar refractivity (Wildman–Crippen MR) is 148 cm³/mol. The van der Waals surface area contributed by atoms with Gasteiger partial charge in [-0.3, -0.25) is 0 Å². The van der Waals surface area contributed by atoms with E-state index >= 15 is 0 Å². The minimum Gasteiger partial charge on any atom is -0.343 e. The number of pyridine rings is 2. The van der Waals surface area contributed by atoms with E-state index < -0.39 is 0 Å². The fourth-order valence-electron chi connectivity index (χ4n) is 4.72. The van der Waals surface area contributed by atoms with Crippen molar-refractivity contribution in [2.24, 2.45) is 0 Å². The van der Waals surface area contributed by atoms with Crippen LogP contribution in [0, 0.1) is 36.3 Å². The molecule has 38 heavy (non-hydrogen) atoms. The molecule has 6 rings (SSSR count). The number of nitrogens with zero attached hydrogens (tertiary/aromatic N) is 3. The maximum Gasteiger partial charge on any atom is 3.00 e. The van der Waals surface area contributed by atoms with Crippen molar-refractivity contribution in [3.8, 4) is 39.7 Å². The zero-order valence-electron chi connectivity index (χ0n) is 21.6. The molecule has 0 fully saturated rings. The maximum absolute atomic E-state index is 8.83. The molecular weight excluding hydrogens is 643 g/mol. The van der Waals surface area contributed by atoms with E-state index in [1.807, 2.05) is 60.7 Å². The minimum atomic E-state index is 0. The fourth-order valence-corrected chi connectivity index (χ4v) is 4.72. The summed E-state index contributed by atoms with van der Waals surface area (Å²) in [6, 6.07) is 41.1. The van der Waals surface area contributed by atoms with Crippen LogP contribution in [0.4, 0.5) is 0 Å². The summed E-state index contributed by atoms with van der Waals surface area (Å²) in [6.07, 6.45) is 1.80. The van der Waals surface area contributed by atoms with Gasteiger partial charge in [-0.15, -0.1) is 59.5 Å². The van der Waals surface area contributed by atoms with E-state index in [9.17, 15) is 0 Å². The van der Waals surface area contributed by atoms with Crippen LogP contribution < -0.4 is 4.57 Å². The Morgan fingerprint density at radius 1 is 0.842 bits per heavy atom. The van der Waals surface area contributed by atoms with Gasteiger partial charge in [0.05, 0.1) is 23.0 Å². The third-order valence-corrected chi connectivity index (χ3v) is 6.76. The number of aryl methyl sites for hydroxylation is 1. The summed E-state index contributed by atoms with van der Waals surface area (Å²) < 4.78 is 2.34. The number of hydrogen-bond donors (Lipinski definition) is 0. The van der Waals surface area contributed by atoms with E-state index in [0.29, 0.717) is 5.56 Å². The molecule has 0 radical (unpaired) electrons. The molecule has 2 aromatic heterocycles. The average Bonchev–Trinajstić information content (AvgIpc) is 2.97. The number of hydrogen-bond acceptors (Lipinski definition) is 2. The van der Waals surface area contributed by atoms with E-state index in [1.54, 1.807) is 6.20 Å². The third kappa shape index (κ3) is 5.41. The largest absolute Gasteiger partial charge is 3.00 e. The van der Waals surface area contributed by atoms with Gasteiger partial charge in [0.2, 0.25) is 0 Å². The van der Waals surface area contributed by atoms with Gasteiger partial charge in [0, 0.05) is 12.2 Å². The molecule has 3 heterocycles. The van der Waals surface area contributed by atoms with Crippen molar-refractivity contribution in [3.05, 3.63) is 144 Å². The van der Waals surface area contributed by atoms with Crippen LogP contribution in [0.1, 0.15) is 30.7 Å². The van der Waals surface area contributed by atoms with Crippen molar-refractivity contribution in [1.82, 2.24) is 4.98 Å². The normalized spacial score (nSPS) is 11.2. The first kappa shape index (κ1) is 26.9. The van der Waals surface area contributed by atoms with Crippen molar-refractivity contribution < 1.29 is 24.7 Å². The third-order valence-electron chi connectivity index (χ3n) is 6.76. The summed E-state index contributed by atoms with van der Waals surface area (Å²) in [5.74, 6) is 1.37. The Kier molecular flexibility index (Phi) is 8.44. The van der Waals surface area contributed by atoms with Gasteiger partial charge in [-0.25, -0.2) is 0 Å². The average molecular weight is 670 g/mol. The maximum atomic E-state index is 8.83. The number of rotatable bonds is 2. The van der Waals surface area contributed by atoms with E-state index in [2.05, 4.69) is 84.9 Å². The van der Waals surface area contributed by atoms with Gasteiger partial charge in [-0.05, 0) is 48.9 Å². The Bertz CT molecular complexity index is 1570. The zero-order chi connectivity index (χ0) is 25.8. The standard InChI is InChI=1S/C18H11N2.C16H16N.Ir/c19-13-14-6-8-15(9-7-14)17-10-11-20-18(12-17)16-4-2-1-3-5-16;1-11-7-6-10-16-15-9-5-4-8-14(15)12(2)13(3)17(11)16;/h1-4,6-12H;4-10H,1-3H3;/q2*-1;+3. The molecule has 0 spiro atoms. The summed E-state index contributed by atoms with van der Waals surface area (Å²) in [5.41, 5.74) is 9.96. The van der Waals surface area contributed by atoms with Crippen LogP contribution in [-0.4, -0.2) is 4.98 Å². The van der Waals surface area contributed by atoms with Gasteiger partial charge in [-0.2, -0.15) is 16.9 Å². The molecular formula is C34H27IrN3+. The Labute approximate surface area is 238 Å². The monoisotopic (exact) mass is 670 g/mol. The molecule has 4 heteroatoms. The molecule has 0 aliphatic carbocycles. The van der Waals surface area contributed by atoms with E-state index in [-0.39, 0.29) is 20.1 Å². The van der Waals surface area contributed by atoms with E-state index in [4.69, 9.17) is 5.26 Å². The SMILES string of the molecule is Cc1cccc2[n+]1[C-](C)[C-](C)c1ccccc1-2.N#Cc1ccc(-c2ccnc(-c3[c-]cccc3)c2)cc1.[Ir+3]. The van der Waals surface area contributed by atoms with E-state index in [1.165, 1.54) is 34.5 Å². The molecule has 186 valence electrons. The molecule has 1 aliphatic rings. The number of aromatic nitrogens is 2. The Hall–Kier alpha value is -4.16. The van der Waals surface area contributed by atoms with Gasteiger partial charge < -0.3 is 9.55 Å². The van der Waals surface area contributed by atoms with E-state index in [0.717, 1.165) is 22.4 Å². The van der Waals surface area contributed by atoms with Crippen LogP contribution in [0.2, 0.25) is 0 Å². The van der Waals surface area contributed by atoms with Crippen LogP contribution in [0.25, 0.3) is 33.6 Å². The number of fused-ring (bicyclic) bond motifs is 3. The van der Waals surface area contributed by atoms with Gasteiger partial charge >= 0.3 is 20.1 Å². The van der Waals surface area contributed by atoms with Crippen molar-refractivity contribution in [2.75, 3.05) is 0 Å². The van der Waals surface area contributed by atoms with Crippen LogP contribution >= 0.6 is 0 Å². The van der Waals surface area contributed by atoms with Gasteiger partial charge in [-0.1, -0.05) is 49.4 Å². The molecule has 0 bridgehead atoms. The molecule has 0 unspecified atom stereocenters. The molecule has 0 saturated carbocycles. The summed E-state index contributed by atoms with van der Waals surface area (Å²) in [6.45, 7) is 6.56. The van der Waals surface area contributed by atoms with Crippen LogP contribution in [-0.2, 0) is 20.1 Å². The fraction of sp³-hybridized carbons (Fsp3) is 0.0882. The second-order valence-electron chi connectivity index (χ2n) is 9.04. The second-order valence-corrected chi connectivity index (χ2v) is 9.04. The van der Waals surface area contributed by atoms with Gasteiger partial charge in [0.15, 0.2) is 0 Å². The Morgan fingerprint density at radius 3 is 2.34 bits per heavy atom. The first-order chi connectivity index (χ1) is 18.1. The molecule has 1 aliphatic heterocycles. The molecule has 3 nitrogen and oxygen atoms in total. The van der Waals surface area contributed by atoms with Crippen molar-refractivity contribution >= 4 is 0 Å². The summed E-state index contributed by atoms with van der Waals surface area (Å²) in [7, 11) is 0. The Morgan fingerprint density at radius 2 is 1.61 bits per heavy atom. The summed E-state index contributed by atoms with van der Waals surface area (Å²) in [4.78, 5) is 4.39. The minimum absolute atomic E-state index is 0. The Balaban J connectivity index is 0.000000174. The molecule has 0 atom stereocenters. The smallest absolute Gasteiger partial charge is 0.343 e. The number of benzene rings is 3. The van der Waals surface area contributed by atoms with Crippen LogP contribution in [0.15, 0.2) is 109 Å². The molecule has 5 aromatic rings. The van der Waals surface area contributed by atoms with Crippen LogP contribution in [0.3, 0.4) is 0 Å². The number of nitriles is 1. The molecule has 3 aromatic carbocycles. The van der Waals surface area contributed by atoms with Crippen molar-refractivity contribution in [1.29, 1.82) is 5.26 Å². The van der Waals surface area contributed by atoms with Crippen molar-refractivity contribution in [2.45, 2.75) is 20.8 Å². The molecule has 0 saturated heterocycles. The second kappa shape index (κ2) is 11.9. The quantitative estimate of drug-likeness (QED) is 0.145. The summed E-state index contributed by atoms with van der Waals surface area (Å²) >= 11 is 0. The predicted octanol–water partition coefficient (Wildman–Crippen LogP) is 7.39.